The maximum atomic E-state index is 11.9. The second-order valence-corrected chi connectivity index (χ2v) is 4.05. The van der Waals surface area contributed by atoms with Crippen molar-refractivity contribution in [1.82, 2.24) is 0 Å². The molecule has 2 rings (SSSR count). The zero-order valence-corrected chi connectivity index (χ0v) is 11.0. The molecule has 2 aromatic rings. The van der Waals surface area contributed by atoms with Crippen LogP contribution in [0.4, 0.5) is 11.4 Å². The molecular weight excluding hydrogens is 288 g/mol. The summed E-state index contributed by atoms with van der Waals surface area (Å²) in [5, 5.41) is 13.3. The first-order valence-electron chi connectivity index (χ1n) is 5.39. The van der Waals surface area contributed by atoms with Crippen LogP contribution in [0.25, 0.3) is 0 Å². The van der Waals surface area contributed by atoms with Crippen LogP contribution in [0.15, 0.2) is 34.9 Å². The van der Waals surface area contributed by atoms with E-state index in [1.54, 1.807) is 0 Å². The fraction of sp³-hybridized carbons (Fsp3) is 0.0833. The van der Waals surface area contributed by atoms with Crippen molar-refractivity contribution < 1.29 is 18.9 Å². The molecule has 0 aliphatic rings. The van der Waals surface area contributed by atoms with Crippen LogP contribution in [0, 0.1) is 10.1 Å². The summed E-state index contributed by atoms with van der Waals surface area (Å²) in [6.07, 6.45) is 1.25. The van der Waals surface area contributed by atoms with Crippen molar-refractivity contribution >= 4 is 28.9 Å². The minimum Gasteiger partial charge on any atom is -0.496 e. The highest BCUT2D eigenvalue weighted by atomic mass is 35.5. The predicted molar refractivity (Wildman–Crippen MR) is 71.3 cm³/mol. The van der Waals surface area contributed by atoms with Crippen LogP contribution in [-0.4, -0.2) is 17.9 Å². The van der Waals surface area contributed by atoms with Crippen molar-refractivity contribution in [1.29, 1.82) is 0 Å². The second kappa shape index (κ2) is 5.62. The van der Waals surface area contributed by atoms with Gasteiger partial charge in [0.15, 0.2) is 0 Å². The van der Waals surface area contributed by atoms with Gasteiger partial charge in [0, 0.05) is 0 Å². The Morgan fingerprint density at radius 1 is 1.45 bits per heavy atom. The number of benzene rings is 1. The Morgan fingerprint density at radius 3 is 2.75 bits per heavy atom. The molecule has 1 heterocycles. The van der Waals surface area contributed by atoms with Crippen molar-refractivity contribution in [3.63, 3.8) is 0 Å². The topological polar surface area (TPSA) is 94.6 Å². The number of nitro benzene ring substituents is 1. The zero-order chi connectivity index (χ0) is 14.7. The van der Waals surface area contributed by atoms with E-state index in [1.807, 2.05) is 0 Å². The molecular formula is C12H9ClN2O5. The molecule has 0 radical (unpaired) electrons. The number of halogens is 1. The fourth-order valence-corrected chi connectivity index (χ4v) is 1.74. The van der Waals surface area contributed by atoms with E-state index in [9.17, 15) is 14.9 Å². The van der Waals surface area contributed by atoms with Gasteiger partial charge in [-0.05, 0) is 29.8 Å². The number of carbonyl (C=O) groups is 1. The summed E-state index contributed by atoms with van der Waals surface area (Å²) in [7, 11) is 1.39. The van der Waals surface area contributed by atoms with E-state index in [0.29, 0.717) is 5.75 Å². The lowest BCUT2D eigenvalue weighted by molar-refractivity contribution is -0.384. The molecule has 0 aliphatic carbocycles. The highest BCUT2D eigenvalue weighted by molar-refractivity contribution is 6.32. The third-order valence-corrected chi connectivity index (χ3v) is 2.81. The molecule has 20 heavy (non-hydrogen) atoms. The summed E-state index contributed by atoms with van der Waals surface area (Å²) in [6, 6.07) is 5.46. The van der Waals surface area contributed by atoms with E-state index in [0.717, 1.165) is 0 Å². The number of methoxy groups -OCH3 is 1. The lowest BCUT2D eigenvalue weighted by Crippen LogP contribution is -2.12. The van der Waals surface area contributed by atoms with Crippen molar-refractivity contribution in [2.45, 2.75) is 0 Å². The lowest BCUT2D eigenvalue weighted by atomic mass is 10.2. The smallest absolute Gasteiger partial charge is 0.296 e. The van der Waals surface area contributed by atoms with E-state index >= 15 is 0 Å². The minimum atomic E-state index is -0.616. The normalized spacial score (nSPS) is 10.1. The SMILES string of the molecule is COc1ccc(NC(=O)c2ccoc2Cl)c([N+](=O)[O-])c1. The third kappa shape index (κ3) is 2.72. The number of amides is 1. The van der Waals surface area contributed by atoms with Crippen LogP contribution < -0.4 is 10.1 Å². The number of hydrogen-bond acceptors (Lipinski definition) is 5. The lowest BCUT2D eigenvalue weighted by Gasteiger charge is -2.06. The molecule has 0 saturated heterocycles. The molecule has 0 bridgehead atoms. The molecule has 1 amide bonds. The van der Waals surface area contributed by atoms with E-state index in [4.69, 9.17) is 20.8 Å². The Kier molecular flexibility index (Phi) is 3.90. The van der Waals surface area contributed by atoms with Gasteiger partial charge in [0.1, 0.15) is 11.4 Å². The number of carbonyl (C=O) groups excluding carboxylic acids is 1. The Morgan fingerprint density at radius 2 is 2.20 bits per heavy atom. The van der Waals surface area contributed by atoms with Crippen molar-refractivity contribution in [2.75, 3.05) is 12.4 Å². The van der Waals surface area contributed by atoms with Crippen LogP contribution >= 0.6 is 11.6 Å². The minimum absolute atomic E-state index is 0.0399. The Hall–Kier alpha value is -2.54. The van der Waals surface area contributed by atoms with Gasteiger partial charge >= 0.3 is 0 Å². The number of nitro groups is 1. The third-order valence-electron chi connectivity index (χ3n) is 2.51. The number of nitrogens with zero attached hydrogens (tertiary/aromatic N) is 1. The molecule has 8 heteroatoms. The summed E-state index contributed by atoms with van der Waals surface area (Å²) in [5.74, 6) is -0.284. The summed E-state index contributed by atoms with van der Waals surface area (Å²) in [6.45, 7) is 0. The molecule has 7 nitrogen and oxygen atoms in total. The van der Waals surface area contributed by atoms with E-state index in [2.05, 4.69) is 5.32 Å². The molecule has 0 saturated carbocycles. The van der Waals surface area contributed by atoms with Gasteiger partial charge in [-0.2, -0.15) is 0 Å². The molecule has 0 spiro atoms. The van der Waals surface area contributed by atoms with Gasteiger partial charge in [-0.3, -0.25) is 14.9 Å². The first-order valence-corrected chi connectivity index (χ1v) is 5.77. The summed E-state index contributed by atoms with van der Waals surface area (Å²) in [5.41, 5.74) is -0.146. The Bertz CT molecular complexity index is 668. The van der Waals surface area contributed by atoms with Gasteiger partial charge in [-0.25, -0.2) is 0 Å². The average molecular weight is 297 g/mol. The molecule has 0 fully saturated rings. The summed E-state index contributed by atoms with van der Waals surface area (Å²) < 4.78 is 9.69. The molecule has 0 atom stereocenters. The van der Waals surface area contributed by atoms with Crippen LogP contribution in [0.5, 0.6) is 5.75 Å². The molecule has 1 N–H and O–H groups in total. The van der Waals surface area contributed by atoms with Gasteiger partial charge in [0.05, 0.1) is 29.9 Å². The molecule has 0 aliphatic heterocycles. The van der Waals surface area contributed by atoms with Gasteiger partial charge in [0.2, 0.25) is 5.22 Å². The van der Waals surface area contributed by atoms with Crippen molar-refractivity contribution in [2.24, 2.45) is 0 Å². The predicted octanol–water partition coefficient (Wildman–Crippen LogP) is 3.10. The maximum Gasteiger partial charge on any atom is 0.296 e. The van der Waals surface area contributed by atoms with Gasteiger partial charge in [-0.1, -0.05) is 0 Å². The quantitative estimate of drug-likeness (QED) is 0.691. The first kappa shape index (κ1) is 13.9. The van der Waals surface area contributed by atoms with E-state index < -0.39 is 10.8 Å². The van der Waals surface area contributed by atoms with Gasteiger partial charge < -0.3 is 14.5 Å². The number of rotatable bonds is 4. The highest BCUT2D eigenvalue weighted by Crippen LogP contribution is 2.29. The zero-order valence-electron chi connectivity index (χ0n) is 10.3. The number of hydrogen-bond donors (Lipinski definition) is 1. The number of anilines is 1. The maximum absolute atomic E-state index is 11.9. The van der Waals surface area contributed by atoms with Crippen LogP contribution in [-0.2, 0) is 0 Å². The first-order chi connectivity index (χ1) is 9.52. The molecule has 0 unspecified atom stereocenters. The van der Waals surface area contributed by atoms with E-state index in [1.165, 1.54) is 37.6 Å². The largest absolute Gasteiger partial charge is 0.496 e. The monoisotopic (exact) mass is 296 g/mol. The number of ether oxygens (including phenoxy) is 1. The van der Waals surface area contributed by atoms with Gasteiger partial charge in [-0.15, -0.1) is 0 Å². The number of furan rings is 1. The Labute approximate surface area is 118 Å². The molecule has 1 aromatic heterocycles. The van der Waals surface area contributed by atoms with Crippen LogP contribution in [0.2, 0.25) is 5.22 Å². The van der Waals surface area contributed by atoms with Crippen molar-refractivity contribution in [3.05, 3.63) is 51.4 Å². The summed E-state index contributed by atoms with van der Waals surface area (Å²) >= 11 is 5.67. The average Bonchev–Trinajstić information content (AvgIpc) is 2.85. The number of nitrogens with one attached hydrogen (secondary N) is 1. The molecule has 1 aromatic carbocycles. The van der Waals surface area contributed by atoms with Crippen LogP contribution in [0.1, 0.15) is 10.4 Å². The van der Waals surface area contributed by atoms with Crippen molar-refractivity contribution in [3.8, 4) is 5.75 Å². The highest BCUT2D eigenvalue weighted by Gasteiger charge is 2.20. The Balaban J connectivity index is 2.32. The summed E-state index contributed by atoms with van der Waals surface area (Å²) in [4.78, 5) is 22.3. The van der Waals surface area contributed by atoms with Crippen LogP contribution in [0.3, 0.4) is 0 Å². The second-order valence-electron chi connectivity index (χ2n) is 3.70. The van der Waals surface area contributed by atoms with Gasteiger partial charge in [0.25, 0.3) is 11.6 Å². The fourth-order valence-electron chi connectivity index (χ4n) is 1.54. The van der Waals surface area contributed by atoms with E-state index in [-0.39, 0.29) is 22.2 Å². The molecule has 104 valence electrons. The standard InChI is InChI=1S/C12H9ClN2O5/c1-19-7-2-3-9(10(6-7)15(17)18)14-12(16)8-4-5-20-11(8)13/h2-6H,1H3,(H,14,16).